The Morgan fingerprint density at radius 3 is 2.16 bits per heavy atom. The molecule has 2 N–H and O–H groups in total. The number of nitrogens with one attached hydrogen (secondary N) is 2. The molecular formula is C25H28N2O4S. The first kappa shape index (κ1) is 23.3. The number of aryl methyl sites for hydroxylation is 3. The van der Waals surface area contributed by atoms with Gasteiger partial charge in [-0.1, -0.05) is 24.3 Å². The number of benzene rings is 3. The summed E-state index contributed by atoms with van der Waals surface area (Å²) in [7, 11) is -2.27. The van der Waals surface area contributed by atoms with E-state index in [0.717, 1.165) is 22.4 Å². The molecule has 1 amide bonds. The molecule has 0 aliphatic heterocycles. The van der Waals surface area contributed by atoms with E-state index in [0.29, 0.717) is 11.3 Å². The van der Waals surface area contributed by atoms with Gasteiger partial charge in [-0.3, -0.25) is 9.52 Å². The van der Waals surface area contributed by atoms with E-state index in [9.17, 15) is 13.2 Å². The van der Waals surface area contributed by atoms with E-state index in [1.165, 1.54) is 6.07 Å². The topological polar surface area (TPSA) is 84.5 Å². The smallest absolute Gasteiger partial charge is 0.262 e. The Kier molecular flexibility index (Phi) is 6.89. The summed E-state index contributed by atoms with van der Waals surface area (Å²) >= 11 is 0. The number of amides is 1. The summed E-state index contributed by atoms with van der Waals surface area (Å²) in [5.74, 6) is 0.382. The van der Waals surface area contributed by atoms with Crippen LogP contribution in [-0.2, 0) is 10.0 Å². The lowest BCUT2D eigenvalue weighted by Gasteiger charge is -2.16. The van der Waals surface area contributed by atoms with E-state index in [-0.39, 0.29) is 22.4 Å². The van der Waals surface area contributed by atoms with Gasteiger partial charge >= 0.3 is 0 Å². The van der Waals surface area contributed by atoms with Gasteiger partial charge in [0.05, 0.1) is 18.0 Å². The second-order valence-corrected chi connectivity index (χ2v) is 9.50. The third kappa shape index (κ3) is 5.29. The van der Waals surface area contributed by atoms with Crippen molar-refractivity contribution in [3.8, 4) is 5.75 Å². The second kappa shape index (κ2) is 9.44. The summed E-state index contributed by atoms with van der Waals surface area (Å²) in [6.07, 6.45) is 0. The Bertz CT molecular complexity index is 1240. The van der Waals surface area contributed by atoms with Gasteiger partial charge in [-0.2, -0.15) is 0 Å². The number of methoxy groups -OCH3 is 1. The number of carbonyl (C=O) groups excluding carboxylic acids is 1. The molecular weight excluding hydrogens is 424 g/mol. The Labute approximate surface area is 189 Å². The van der Waals surface area contributed by atoms with Crippen LogP contribution >= 0.6 is 0 Å². The average Bonchev–Trinajstić information content (AvgIpc) is 2.76. The van der Waals surface area contributed by atoms with Gasteiger partial charge in [0.25, 0.3) is 15.9 Å². The molecule has 1 atom stereocenters. The van der Waals surface area contributed by atoms with Gasteiger partial charge in [-0.25, -0.2) is 8.42 Å². The zero-order valence-electron chi connectivity index (χ0n) is 18.9. The van der Waals surface area contributed by atoms with Crippen LogP contribution in [0.15, 0.2) is 65.6 Å². The Balaban J connectivity index is 1.81. The number of sulfonamides is 1. The van der Waals surface area contributed by atoms with Gasteiger partial charge in [0, 0.05) is 11.3 Å². The van der Waals surface area contributed by atoms with E-state index in [2.05, 4.69) is 10.0 Å². The standard InChI is InChI=1S/C25H28N2O4S/c1-16-7-11-22(14-18(16)3)27-32(29,30)24-15-21(8-6-17(24)2)25(28)26-19(4)20-9-12-23(31-5)13-10-20/h6-15,19,27H,1-5H3,(H,26,28)/t19-/m0/s1. The van der Waals surface area contributed by atoms with Gasteiger partial charge in [0.15, 0.2) is 0 Å². The van der Waals surface area contributed by atoms with Gasteiger partial charge in [-0.15, -0.1) is 0 Å². The van der Waals surface area contributed by atoms with Crippen LogP contribution in [-0.4, -0.2) is 21.4 Å². The summed E-state index contributed by atoms with van der Waals surface area (Å²) in [4.78, 5) is 12.9. The Morgan fingerprint density at radius 1 is 0.875 bits per heavy atom. The molecule has 6 nitrogen and oxygen atoms in total. The Hall–Kier alpha value is -3.32. The van der Waals surface area contributed by atoms with Crippen LogP contribution in [0.25, 0.3) is 0 Å². The molecule has 0 aliphatic rings. The van der Waals surface area contributed by atoms with E-state index in [1.807, 2.05) is 51.1 Å². The van der Waals surface area contributed by atoms with Crippen molar-refractivity contribution in [2.24, 2.45) is 0 Å². The third-order valence-corrected chi connectivity index (χ3v) is 6.99. The summed E-state index contributed by atoms with van der Waals surface area (Å²) in [6.45, 7) is 7.46. The molecule has 0 radical (unpaired) electrons. The minimum Gasteiger partial charge on any atom is -0.497 e. The van der Waals surface area contributed by atoms with Crippen LogP contribution in [0.1, 0.15) is 45.6 Å². The van der Waals surface area contributed by atoms with Gasteiger partial charge < -0.3 is 10.1 Å². The number of hydrogen-bond donors (Lipinski definition) is 2. The molecule has 0 aliphatic carbocycles. The summed E-state index contributed by atoms with van der Waals surface area (Å²) in [5.41, 5.74) is 4.29. The van der Waals surface area contributed by atoms with Crippen LogP contribution in [0.3, 0.4) is 0 Å². The number of ether oxygens (including phenoxy) is 1. The lowest BCUT2D eigenvalue weighted by atomic mass is 10.1. The van der Waals surface area contributed by atoms with Gasteiger partial charge in [0.1, 0.15) is 5.75 Å². The fraction of sp³-hybridized carbons (Fsp3) is 0.240. The van der Waals surface area contributed by atoms with Crippen LogP contribution in [0, 0.1) is 20.8 Å². The van der Waals surface area contributed by atoms with Crippen LogP contribution < -0.4 is 14.8 Å². The van der Waals surface area contributed by atoms with Crippen molar-refractivity contribution in [2.75, 3.05) is 11.8 Å². The first-order valence-electron chi connectivity index (χ1n) is 10.3. The Morgan fingerprint density at radius 2 is 1.53 bits per heavy atom. The third-order valence-electron chi connectivity index (χ3n) is 5.46. The van der Waals surface area contributed by atoms with E-state index >= 15 is 0 Å². The highest BCUT2D eigenvalue weighted by atomic mass is 32.2. The van der Waals surface area contributed by atoms with Crippen molar-refractivity contribution >= 4 is 21.6 Å². The van der Waals surface area contributed by atoms with Crippen LogP contribution in [0.2, 0.25) is 0 Å². The monoisotopic (exact) mass is 452 g/mol. The summed E-state index contributed by atoms with van der Waals surface area (Å²) in [6, 6.07) is 17.2. The molecule has 0 aromatic heterocycles. The number of carbonyl (C=O) groups is 1. The molecule has 7 heteroatoms. The largest absolute Gasteiger partial charge is 0.497 e. The molecule has 0 heterocycles. The number of anilines is 1. The minimum absolute atomic E-state index is 0.0699. The molecule has 3 rings (SSSR count). The highest BCUT2D eigenvalue weighted by molar-refractivity contribution is 7.92. The quantitative estimate of drug-likeness (QED) is 0.533. The average molecular weight is 453 g/mol. The fourth-order valence-corrected chi connectivity index (χ4v) is 4.62. The van der Waals surface area contributed by atoms with Crippen molar-refractivity contribution in [1.29, 1.82) is 0 Å². The zero-order valence-corrected chi connectivity index (χ0v) is 19.7. The van der Waals surface area contributed by atoms with Crippen LogP contribution in [0.5, 0.6) is 5.75 Å². The predicted octanol–water partition coefficient (Wildman–Crippen LogP) is 4.91. The van der Waals surface area contributed by atoms with Crippen molar-refractivity contribution in [1.82, 2.24) is 5.32 Å². The first-order valence-corrected chi connectivity index (χ1v) is 11.7. The normalized spacial score (nSPS) is 12.2. The lowest BCUT2D eigenvalue weighted by Crippen LogP contribution is -2.27. The number of hydrogen-bond acceptors (Lipinski definition) is 4. The van der Waals surface area contributed by atoms with Crippen molar-refractivity contribution < 1.29 is 17.9 Å². The van der Waals surface area contributed by atoms with Crippen molar-refractivity contribution in [3.63, 3.8) is 0 Å². The summed E-state index contributed by atoms with van der Waals surface area (Å²) < 4.78 is 33.9. The maximum absolute atomic E-state index is 13.0. The maximum Gasteiger partial charge on any atom is 0.262 e. The molecule has 3 aromatic carbocycles. The lowest BCUT2D eigenvalue weighted by molar-refractivity contribution is 0.0939. The SMILES string of the molecule is COc1ccc([C@H](C)NC(=O)c2ccc(C)c(S(=O)(=O)Nc3ccc(C)c(C)c3)c2)cc1. The molecule has 32 heavy (non-hydrogen) atoms. The zero-order chi connectivity index (χ0) is 23.5. The van der Waals surface area contributed by atoms with Gasteiger partial charge in [0.2, 0.25) is 0 Å². The first-order chi connectivity index (χ1) is 15.1. The van der Waals surface area contributed by atoms with Gasteiger partial charge in [-0.05, 0) is 86.3 Å². The van der Waals surface area contributed by atoms with Crippen molar-refractivity contribution in [3.05, 3.63) is 88.5 Å². The van der Waals surface area contributed by atoms with E-state index < -0.39 is 10.0 Å². The predicted molar refractivity (Wildman–Crippen MR) is 127 cm³/mol. The maximum atomic E-state index is 13.0. The second-order valence-electron chi connectivity index (χ2n) is 7.85. The van der Waals surface area contributed by atoms with E-state index in [4.69, 9.17) is 4.74 Å². The molecule has 3 aromatic rings. The molecule has 0 bridgehead atoms. The molecule has 0 fully saturated rings. The highest BCUT2D eigenvalue weighted by Crippen LogP contribution is 2.23. The molecule has 0 unspecified atom stereocenters. The number of rotatable bonds is 7. The molecule has 0 saturated carbocycles. The minimum atomic E-state index is -3.86. The van der Waals surface area contributed by atoms with Crippen molar-refractivity contribution in [2.45, 2.75) is 38.6 Å². The van der Waals surface area contributed by atoms with E-state index in [1.54, 1.807) is 38.3 Å². The fourth-order valence-electron chi connectivity index (χ4n) is 3.30. The highest BCUT2D eigenvalue weighted by Gasteiger charge is 2.20. The molecule has 168 valence electrons. The molecule has 0 saturated heterocycles. The summed E-state index contributed by atoms with van der Waals surface area (Å²) in [5, 5.41) is 2.92. The van der Waals surface area contributed by atoms with Crippen LogP contribution in [0.4, 0.5) is 5.69 Å². The molecule has 0 spiro atoms.